The summed E-state index contributed by atoms with van der Waals surface area (Å²) in [6, 6.07) is 17.7. The molecule has 0 aliphatic rings. The lowest BCUT2D eigenvalue weighted by molar-refractivity contribution is -0.120. The van der Waals surface area contributed by atoms with Gasteiger partial charge in [0, 0.05) is 12.6 Å². The van der Waals surface area contributed by atoms with E-state index in [9.17, 15) is 22.8 Å². The van der Waals surface area contributed by atoms with Crippen molar-refractivity contribution < 1.29 is 32.1 Å². The lowest BCUT2D eigenvalue weighted by Crippen LogP contribution is -2.28. The van der Waals surface area contributed by atoms with Crippen LogP contribution < -0.4 is 14.8 Å². The summed E-state index contributed by atoms with van der Waals surface area (Å²) >= 11 is 0. The normalized spacial score (nSPS) is 11.4. The Morgan fingerprint density at radius 1 is 0.886 bits per heavy atom. The van der Waals surface area contributed by atoms with Crippen molar-refractivity contribution in [2.24, 2.45) is 0 Å². The molecule has 0 radical (unpaired) electrons. The molecule has 3 aromatic rings. The molecule has 0 aliphatic carbocycles. The highest BCUT2D eigenvalue weighted by atomic mass is 32.2. The van der Waals surface area contributed by atoms with Crippen LogP contribution in [0, 0.1) is 6.92 Å². The Bertz CT molecular complexity index is 1380. The Balaban J connectivity index is 1.77. The predicted molar refractivity (Wildman–Crippen MR) is 129 cm³/mol. The highest BCUT2D eigenvalue weighted by Crippen LogP contribution is 2.21. The number of benzene rings is 3. The van der Waals surface area contributed by atoms with E-state index >= 15 is 0 Å². The number of carboxylic acids is 1. The third-order valence-electron chi connectivity index (χ3n) is 4.65. The van der Waals surface area contributed by atoms with Crippen LogP contribution >= 0.6 is 0 Å². The van der Waals surface area contributed by atoms with Gasteiger partial charge < -0.3 is 19.9 Å². The van der Waals surface area contributed by atoms with Crippen molar-refractivity contribution in [1.82, 2.24) is 5.32 Å². The van der Waals surface area contributed by atoms with Gasteiger partial charge in [0.05, 0.1) is 5.56 Å². The molecule has 0 unspecified atom stereocenters. The first-order chi connectivity index (χ1) is 16.5. The minimum absolute atomic E-state index is 0.0214. The molecule has 0 aromatic heterocycles. The SMILES string of the molecule is CC(=O)N/C(=C/c1ccc(OS(=O)(=O)c2ccc(C)cc2)cc1)C(=O)Nc1ccc(C(=O)O)cc1. The van der Waals surface area contributed by atoms with Crippen LogP contribution in [0.25, 0.3) is 6.08 Å². The number of rotatable bonds is 8. The first-order valence-corrected chi connectivity index (χ1v) is 11.7. The monoisotopic (exact) mass is 494 g/mol. The van der Waals surface area contributed by atoms with E-state index in [1.807, 2.05) is 6.92 Å². The smallest absolute Gasteiger partial charge is 0.339 e. The molecule has 0 fully saturated rings. The minimum atomic E-state index is -4.01. The van der Waals surface area contributed by atoms with Crippen molar-refractivity contribution in [2.75, 3.05) is 5.32 Å². The molecule has 2 amide bonds. The predicted octanol–water partition coefficient (Wildman–Crippen LogP) is 3.58. The number of nitrogens with one attached hydrogen (secondary N) is 2. The zero-order valence-electron chi connectivity index (χ0n) is 18.8. The van der Waals surface area contributed by atoms with Gasteiger partial charge in [-0.2, -0.15) is 8.42 Å². The third kappa shape index (κ3) is 7.02. The highest BCUT2D eigenvalue weighted by Gasteiger charge is 2.17. The van der Waals surface area contributed by atoms with E-state index in [0.29, 0.717) is 11.3 Å². The Morgan fingerprint density at radius 3 is 2.03 bits per heavy atom. The lowest BCUT2D eigenvalue weighted by atomic mass is 10.1. The molecule has 3 rings (SSSR count). The topological polar surface area (TPSA) is 139 Å². The summed E-state index contributed by atoms with van der Waals surface area (Å²) in [5, 5.41) is 14.0. The number of carboxylic acid groups (broad SMARTS) is 1. The van der Waals surface area contributed by atoms with E-state index in [1.165, 1.54) is 73.7 Å². The first kappa shape index (κ1) is 25.2. The van der Waals surface area contributed by atoms with Crippen LogP contribution in [-0.4, -0.2) is 31.3 Å². The van der Waals surface area contributed by atoms with Crippen LogP contribution in [0.15, 0.2) is 83.4 Å². The van der Waals surface area contributed by atoms with Crippen LogP contribution in [0.5, 0.6) is 5.75 Å². The average Bonchev–Trinajstić information content (AvgIpc) is 2.80. The largest absolute Gasteiger partial charge is 0.478 e. The maximum Gasteiger partial charge on any atom is 0.339 e. The zero-order valence-corrected chi connectivity index (χ0v) is 19.6. The van der Waals surface area contributed by atoms with E-state index in [0.717, 1.165) is 5.56 Å². The van der Waals surface area contributed by atoms with Crippen LogP contribution in [0.4, 0.5) is 5.69 Å². The Morgan fingerprint density at radius 2 is 1.49 bits per heavy atom. The van der Waals surface area contributed by atoms with Crippen LogP contribution in [-0.2, 0) is 19.7 Å². The van der Waals surface area contributed by atoms with Crippen molar-refractivity contribution in [3.05, 3.63) is 95.2 Å². The second-order valence-corrected chi connectivity index (χ2v) is 9.04. The summed E-state index contributed by atoms with van der Waals surface area (Å²) in [5.41, 5.74) is 1.73. The maximum atomic E-state index is 12.7. The summed E-state index contributed by atoms with van der Waals surface area (Å²) in [6.07, 6.45) is 1.40. The minimum Gasteiger partial charge on any atom is -0.478 e. The van der Waals surface area contributed by atoms with E-state index in [4.69, 9.17) is 9.29 Å². The van der Waals surface area contributed by atoms with Crippen molar-refractivity contribution in [3.8, 4) is 5.75 Å². The van der Waals surface area contributed by atoms with Crippen molar-refractivity contribution in [2.45, 2.75) is 18.7 Å². The van der Waals surface area contributed by atoms with Gasteiger partial charge in [-0.1, -0.05) is 29.8 Å². The number of amides is 2. The second-order valence-electron chi connectivity index (χ2n) is 7.50. The molecule has 180 valence electrons. The summed E-state index contributed by atoms with van der Waals surface area (Å²) in [4.78, 5) is 35.3. The van der Waals surface area contributed by atoms with E-state index in [2.05, 4.69) is 10.6 Å². The molecule has 3 aromatic carbocycles. The molecule has 0 atom stereocenters. The number of carbonyl (C=O) groups excluding carboxylic acids is 2. The molecule has 10 heteroatoms. The van der Waals surface area contributed by atoms with Gasteiger partial charge >= 0.3 is 16.1 Å². The summed E-state index contributed by atoms with van der Waals surface area (Å²) in [7, 11) is -4.01. The molecule has 0 heterocycles. The van der Waals surface area contributed by atoms with Crippen LogP contribution in [0.2, 0.25) is 0 Å². The van der Waals surface area contributed by atoms with Crippen molar-refractivity contribution >= 4 is 39.7 Å². The summed E-state index contributed by atoms with van der Waals surface area (Å²) < 4.78 is 30.1. The molecule has 3 N–H and O–H groups in total. The Kier molecular flexibility index (Phi) is 7.67. The molecule has 35 heavy (non-hydrogen) atoms. The van der Waals surface area contributed by atoms with Gasteiger partial charge in [-0.25, -0.2) is 4.79 Å². The fraction of sp³-hybridized carbons (Fsp3) is 0.0800. The van der Waals surface area contributed by atoms with Crippen molar-refractivity contribution in [1.29, 1.82) is 0 Å². The standard InChI is InChI=1S/C25H22N2O7S/c1-16-3-13-22(14-4-16)35(32,33)34-21-11-5-18(6-12-21)15-23(26-17(2)28)24(29)27-20-9-7-19(8-10-20)25(30)31/h3-15H,1-2H3,(H,26,28)(H,27,29)(H,30,31)/b23-15+. The molecule has 0 saturated heterocycles. The molecule has 0 bridgehead atoms. The fourth-order valence-electron chi connectivity index (χ4n) is 2.91. The van der Waals surface area contributed by atoms with Gasteiger partial charge in [0.2, 0.25) is 5.91 Å². The number of aromatic carboxylic acids is 1. The summed E-state index contributed by atoms with van der Waals surface area (Å²) in [6.45, 7) is 3.09. The first-order valence-electron chi connectivity index (χ1n) is 10.3. The number of aryl methyl sites for hydroxylation is 1. The van der Waals surface area contributed by atoms with Gasteiger partial charge in [0.15, 0.2) is 0 Å². The van der Waals surface area contributed by atoms with Gasteiger partial charge in [-0.05, 0) is 67.1 Å². The highest BCUT2D eigenvalue weighted by molar-refractivity contribution is 7.87. The number of carbonyl (C=O) groups is 3. The molecular formula is C25H22N2O7S. The molecule has 0 aliphatic heterocycles. The van der Waals surface area contributed by atoms with E-state index in [-0.39, 0.29) is 21.9 Å². The lowest BCUT2D eigenvalue weighted by Gasteiger charge is -2.11. The van der Waals surface area contributed by atoms with Gasteiger partial charge in [0.25, 0.3) is 5.91 Å². The second kappa shape index (κ2) is 10.7. The zero-order chi connectivity index (χ0) is 25.6. The third-order valence-corrected chi connectivity index (χ3v) is 5.91. The number of anilines is 1. The average molecular weight is 495 g/mol. The van der Waals surface area contributed by atoms with Crippen molar-refractivity contribution in [3.63, 3.8) is 0 Å². The number of hydrogen-bond donors (Lipinski definition) is 3. The van der Waals surface area contributed by atoms with Gasteiger partial charge in [-0.3, -0.25) is 9.59 Å². The molecule has 0 spiro atoms. The fourth-order valence-corrected chi connectivity index (χ4v) is 3.84. The Labute approximate surface area is 202 Å². The summed E-state index contributed by atoms with van der Waals surface area (Å²) in [5.74, 6) is -2.13. The molecular weight excluding hydrogens is 472 g/mol. The maximum absolute atomic E-state index is 12.7. The van der Waals surface area contributed by atoms with Crippen LogP contribution in [0.3, 0.4) is 0 Å². The Hall–Kier alpha value is -4.44. The number of hydrogen-bond acceptors (Lipinski definition) is 6. The van der Waals surface area contributed by atoms with Crippen LogP contribution in [0.1, 0.15) is 28.4 Å². The quantitative estimate of drug-likeness (QED) is 0.321. The molecule has 0 saturated carbocycles. The van der Waals surface area contributed by atoms with Gasteiger partial charge in [-0.15, -0.1) is 0 Å². The molecule has 9 nitrogen and oxygen atoms in total. The van der Waals surface area contributed by atoms with Gasteiger partial charge in [0.1, 0.15) is 16.3 Å². The van der Waals surface area contributed by atoms with E-state index in [1.54, 1.807) is 12.1 Å². The van der Waals surface area contributed by atoms with E-state index < -0.39 is 27.9 Å².